The summed E-state index contributed by atoms with van der Waals surface area (Å²) in [5.74, 6) is 1.52. The summed E-state index contributed by atoms with van der Waals surface area (Å²) in [7, 11) is 0. The van der Waals surface area contributed by atoms with Crippen LogP contribution in [0, 0.1) is 11.8 Å². The molecule has 1 amide bonds. The van der Waals surface area contributed by atoms with Crippen molar-refractivity contribution < 1.29 is 9.90 Å². The number of hydrogen-bond donors (Lipinski definition) is 3. The third-order valence-corrected chi connectivity index (χ3v) is 5.52. The summed E-state index contributed by atoms with van der Waals surface area (Å²) in [6, 6.07) is 9.56. The minimum atomic E-state index is -0.0587. The molecule has 126 valence electrons. The van der Waals surface area contributed by atoms with E-state index in [4.69, 9.17) is 0 Å². The van der Waals surface area contributed by atoms with Gasteiger partial charge in [-0.1, -0.05) is 37.5 Å². The first kappa shape index (κ1) is 16.5. The molecular weight excluding hydrogens is 288 g/mol. The Morgan fingerprint density at radius 2 is 1.87 bits per heavy atom. The molecule has 2 bridgehead atoms. The van der Waals surface area contributed by atoms with Crippen LogP contribution in [-0.4, -0.2) is 29.7 Å². The number of benzene rings is 1. The smallest absolute Gasteiger partial charge is 0.238 e. The second kappa shape index (κ2) is 7.45. The SMILES string of the molecule is O=C(CNC1(CCO)CC2CCCC(C2)C1)Nc1ccccc1. The maximum atomic E-state index is 12.2. The van der Waals surface area contributed by atoms with Gasteiger partial charge in [-0.2, -0.15) is 0 Å². The quantitative estimate of drug-likeness (QED) is 0.756. The van der Waals surface area contributed by atoms with Crippen LogP contribution < -0.4 is 10.6 Å². The standard InChI is InChI=1S/C19H28N2O2/c22-10-9-19(12-15-5-4-6-16(11-15)13-19)20-14-18(23)21-17-7-2-1-3-8-17/h1-3,7-8,15-16,20,22H,4-6,9-14H2,(H,21,23). The number of rotatable bonds is 6. The maximum Gasteiger partial charge on any atom is 0.238 e. The number of nitrogens with one attached hydrogen (secondary N) is 2. The number of aliphatic hydroxyl groups excluding tert-OH is 1. The van der Waals surface area contributed by atoms with Gasteiger partial charge in [0, 0.05) is 17.8 Å². The molecule has 1 aromatic rings. The molecule has 0 saturated heterocycles. The Labute approximate surface area is 138 Å². The zero-order valence-corrected chi connectivity index (χ0v) is 13.8. The minimum Gasteiger partial charge on any atom is -0.396 e. The first-order chi connectivity index (χ1) is 11.2. The molecule has 2 unspecified atom stereocenters. The second-order valence-corrected chi connectivity index (χ2v) is 7.33. The Hall–Kier alpha value is -1.39. The van der Waals surface area contributed by atoms with E-state index in [1.165, 1.54) is 25.7 Å². The molecule has 3 N–H and O–H groups in total. The van der Waals surface area contributed by atoms with Gasteiger partial charge in [0.2, 0.25) is 5.91 Å². The predicted molar refractivity (Wildman–Crippen MR) is 92.2 cm³/mol. The van der Waals surface area contributed by atoms with E-state index in [1.807, 2.05) is 30.3 Å². The minimum absolute atomic E-state index is 0.00996. The maximum absolute atomic E-state index is 12.2. The normalized spacial score (nSPS) is 30.0. The largest absolute Gasteiger partial charge is 0.396 e. The lowest BCUT2D eigenvalue weighted by atomic mass is 9.63. The fraction of sp³-hybridized carbons (Fsp3) is 0.632. The van der Waals surface area contributed by atoms with Crippen molar-refractivity contribution in [3.8, 4) is 0 Å². The molecule has 23 heavy (non-hydrogen) atoms. The lowest BCUT2D eigenvalue weighted by Crippen LogP contribution is -2.54. The highest BCUT2D eigenvalue weighted by molar-refractivity contribution is 5.92. The van der Waals surface area contributed by atoms with Gasteiger partial charge in [0.1, 0.15) is 0 Å². The van der Waals surface area contributed by atoms with E-state index < -0.39 is 0 Å². The molecule has 0 spiro atoms. The Morgan fingerprint density at radius 1 is 1.17 bits per heavy atom. The van der Waals surface area contributed by atoms with E-state index in [9.17, 15) is 9.90 Å². The number of fused-ring (bicyclic) bond motifs is 2. The van der Waals surface area contributed by atoms with Crippen LogP contribution in [0.15, 0.2) is 30.3 Å². The monoisotopic (exact) mass is 316 g/mol. The lowest BCUT2D eigenvalue weighted by Gasteiger charge is -2.47. The number of hydrogen-bond acceptors (Lipinski definition) is 3. The third-order valence-electron chi connectivity index (χ3n) is 5.52. The number of aliphatic hydroxyl groups is 1. The summed E-state index contributed by atoms with van der Waals surface area (Å²) < 4.78 is 0. The number of para-hydroxylation sites is 1. The van der Waals surface area contributed by atoms with Crippen LogP contribution in [0.25, 0.3) is 0 Å². The first-order valence-electron chi connectivity index (χ1n) is 8.90. The average molecular weight is 316 g/mol. The van der Waals surface area contributed by atoms with Gasteiger partial charge in [0.15, 0.2) is 0 Å². The molecule has 2 fully saturated rings. The number of carbonyl (C=O) groups excluding carboxylic acids is 1. The zero-order valence-electron chi connectivity index (χ0n) is 13.8. The summed E-state index contributed by atoms with van der Waals surface area (Å²) in [5, 5.41) is 15.9. The van der Waals surface area contributed by atoms with Gasteiger partial charge in [-0.3, -0.25) is 4.79 Å². The molecule has 3 rings (SSSR count). The Kier molecular flexibility index (Phi) is 5.34. The highest BCUT2D eigenvalue weighted by atomic mass is 16.3. The van der Waals surface area contributed by atoms with Crippen LogP contribution in [0.1, 0.15) is 44.9 Å². The summed E-state index contributed by atoms with van der Waals surface area (Å²) in [4.78, 5) is 12.2. The zero-order chi connectivity index (χ0) is 16.1. The highest BCUT2D eigenvalue weighted by Gasteiger charge is 2.41. The average Bonchev–Trinajstić information content (AvgIpc) is 2.54. The van der Waals surface area contributed by atoms with Gasteiger partial charge >= 0.3 is 0 Å². The van der Waals surface area contributed by atoms with Crippen molar-refractivity contribution in [3.05, 3.63) is 30.3 Å². The predicted octanol–water partition coefficient (Wildman–Crippen LogP) is 2.94. The van der Waals surface area contributed by atoms with Crippen LogP contribution in [0.5, 0.6) is 0 Å². The molecule has 4 nitrogen and oxygen atoms in total. The molecule has 0 radical (unpaired) electrons. The van der Waals surface area contributed by atoms with Crippen molar-refractivity contribution in [2.45, 2.75) is 50.5 Å². The second-order valence-electron chi connectivity index (χ2n) is 7.33. The van der Waals surface area contributed by atoms with Gasteiger partial charge in [0.05, 0.1) is 6.54 Å². The van der Waals surface area contributed by atoms with Crippen molar-refractivity contribution in [3.63, 3.8) is 0 Å². The van der Waals surface area contributed by atoms with Crippen LogP contribution in [0.3, 0.4) is 0 Å². The van der Waals surface area contributed by atoms with Crippen LogP contribution >= 0.6 is 0 Å². The van der Waals surface area contributed by atoms with Gasteiger partial charge < -0.3 is 15.7 Å². The summed E-state index contributed by atoms with van der Waals surface area (Å²) in [6.07, 6.45) is 8.25. The molecular formula is C19H28N2O2. The third kappa shape index (κ3) is 4.33. The van der Waals surface area contributed by atoms with Gasteiger partial charge in [-0.05, 0) is 49.7 Å². The molecule has 0 aliphatic heterocycles. The molecule has 2 saturated carbocycles. The molecule has 0 heterocycles. The Bertz CT molecular complexity index is 505. The molecule has 0 aromatic heterocycles. The van der Waals surface area contributed by atoms with Crippen molar-refractivity contribution in [2.24, 2.45) is 11.8 Å². The molecule has 1 aromatic carbocycles. The van der Waals surface area contributed by atoms with Crippen molar-refractivity contribution in [2.75, 3.05) is 18.5 Å². The van der Waals surface area contributed by atoms with E-state index in [2.05, 4.69) is 10.6 Å². The van der Waals surface area contributed by atoms with E-state index in [1.54, 1.807) is 0 Å². The van der Waals surface area contributed by atoms with Gasteiger partial charge in [-0.25, -0.2) is 0 Å². The van der Waals surface area contributed by atoms with Gasteiger partial charge in [-0.15, -0.1) is 0 Å². The fourth-order valence-corrected chi connectivity index (χ4v) is 4.61. The van der Waals surface area contributed by atoms with E-state index >= 15 is 0 Å². The first-order valence-corrected chi connectivity index (χ1v) is 8.90. The van der Waals surface area contributed by atoms with Gasteiger partial charge in [0.25, 0.3) is 0 Å². The summed E-state index contributed by atoms with van der Waals surface area (Å²) in [5.41, 5.74) is 0.771. The molecule has 2 aliphatic carbocycles. The van der Waals surface area contributed by atoms with Crippen molar-refractivity contribution in [1.29, 1.82) is 0 Å². The van der Waals surface area contributed by atoms with Crippen molar-refractivity contribution >= 4 is 11.6 Å². The summed E-state index contributed by atoms with van der Waals surface area (Å²) >= 11 is 0. The van der Waals surface area contributed by atoms with Crippen LogP contribution in [0.4, 0.5) is 5.69 Å². The topological polar surface area (TPSA) is 61.4 Å². The number of anilines is 1. The van der Waals surface area contributed by atoms with Crippen LogP contribution in [0.2, 0.25) is 0 Å². The molecule has 4 heteroatoms. The van der Waals surface area contributed by atoms with E-state index in [-0.39, 0.29) is 18.1 Å². The van der Waals surface area contributed by atoms with Crippen molar-refractivity contribution in [1.82, 2.24) is 5.32 Å². The number of amides is 1. The molecule has 2 atom stereocenters. The van der Waals surface area contributed by atoms with E-state index in [0.717, 1.165) is 36.8 Å². The summed E-state index contributed by atoms with van der Waals surface area (Å²) in [6.45, 7) is 0.501. The lowest BCUT2D eigenvalue weighted by molar-refractivity contribution is -0.116. The Morgan fingerprint density at radius 3 is 2.52 bits per heavy atom. The van der Waals surface area contributed by atoms with Crippen LogP contribution in [-0.2, 0) is 4.79 Å². The molecule has 2 aliphatic rings. The number of carbonyl (C=O) groups is 1. The highest BCUT2D eigenvalue weighted by Crippen LogP contribution is 2.45. The Balaban J connectivity index is 1.58. The fourth-order valence-electron chi connectivity index (χ4n) is 4.61. The van der Waals surface area contributed by atoms with E-state index in [0.29, 0.717) is 6.54 Å².